The minimum absolute atomic E-state index is 0.286. The lowest BCUT2D eigenvalue weighted by Crippen LogP contribution is -2.20. The Hall–Kier alpha value is -3.03. The first-order valence-electron chi connectivity index (χ1n) is 7.42. The number of pyridine rings is 1. The first kappa shape index (κ1) is 16.8. The van der Waals surface area contributed by atoms with Gasteiger partial charge in [-0.15, -0.1) is 13.2 Å². The monoisotopic (exact) mass is 349 g/mol. The number of hydrogen-bond donors (Lipinski definition) is 1. The predicted molar refractivity (Wildman–Crippen MR) is 85.4 cm³/mol. The number of amides is 1. The molecule has 8 heteroatoms. The number of hydrogen-bond acceptors (Lipinski definition) is 3. The molecule has 2 aromatic heterocycles. The number of ether oxygens (including phenoxy) is 1. The zero-order chi connectivity index (χ0) is 18.0. The Morgan fingerprint density at radius 1 is 1.20 bits per heavy atom. The van der Waals surface area contributed by atoms with Gasteiger partial charge in [-0.1, -0.05) is 6.07 Å². The molecule has 3 aromatic rings. The van der Waals surface area contributed by atoms with E-state index < -0.39 is 12.3 Å². The first-order valence-corrected chi connectivity index (χ1v) is 7.42. The normalized spacial score (nSPS) is 12.8. The Kier molecular flexibility index (Phi) is 4.35. The number of benzene rings is 1. The third kappa shape index (κ3) is 3.90. The van der Waals surface area contributed by atoms with Crippen molar-refractivity contribution in [3.05, 3.63) is 60.6 Å². The summed E-state index contributed by atoms with van der Waals surface area (Å²) in [6, 6.07) is 10.4. The highest BCUT2D eigenvalue weighted by Gasteiger charge is 2.31. The molecule has 1 amide bonds. The molecule has 25 heavy (non-hydrogen) atoms. The summed E-state index contributed by atoms with van der Waals surface area (Å²) in [6.45, 7) is 1.74. The summed E-state index contributed by atoms with van der Waals surface area (Å²) in [6.07, 6.45) is -1.34. The average molecular weight is 349 g/mol. The van der Waals surface area contributed by atoms with Gasteiger partial charge in [0.1, 0.15) is 11.4 Å². The second-order valence-electron chi connectivity index (χ2n) is 5.39. The summed E-state index contributed by atoms with van der Waals surface area (Å²) >= 11 is 0. The van der Waals surface area contributed by atoms with Gasteiger partial charge in [0, 0.05) is 23.8 Å². The highest BCUT2D eigenvalue weighted by Crippen LogP contribution is 2.25. The van der Waals surface area contributed by atoms with Crippen molar-refractivity contribution in [2.24, 2.45) is 0 Å². The van der Waals surface area contributed by atoms with Gasteiger partial charge in [0.2, 0.25) is 5.91 Å². The zero-order valence-corrected chi connectivity index (χ0v) is 13.1. The molecule has 0 aliphatic carbocycles. The van der Waals surface area contributed by atoms with Gasteiger partial charge in [-0.05, 0) is 43.3 Å². The van der Waals surface area contributed by atoms with Crippen molar-refractivity contribution in [2.45, 2.75) is 19.2 Å². The predicted octanol–water partition coefficient (Wildman–Crippen LogP) is 3.98. The molecule has 1 atom stereocenters. The summed E-state index contributed by atoms with van der Waals surface area (Å²) < 4.78 is 42.0. The lowest BCUT2D eigenvalue weighted by atomic mass is 10.1. The SMILES string of the molecule is C[C@@H](C(=O)Nc1ccc(OC(F)(F)F)cc1)c1cccc2nccn12. The van der Waals surface area contributed by atoms with Crippen LogP contribution in [0.1, 0.15) is 18.5 Å². The lowest BCUT2D eigenvalue weighted by molar-refractivity contribution is -0.274. The molecule has 0 radical (unpaired) electrons. The molecule has 5 nitrogen and oxygen atoms in total. The summed E-state index contributed by atoms with van der Waals surface area (Å²) in [5, 5.41) is 2.68. The Morgan fingerprint density at radius 2 is 1.92 bits per heavy atom. The maximum absolute atomic E-state index is 12.4. The third-order valence-electron chi connectivity index (χ3n) is 3.65. The van der Waals surface area contributed by atoms with Crippen LogP contribution in [0.4, 0.5) is 18.9 Å². The third-order valence-corrected chi connectivity index (χ3v) is 3.65. The van der Waals surface area contributed by atoms with E-state index in [4.69, 9.17) is 0 Å². The molecule has 0 spiro atoms. The van der Waals surface area contributed by atoms with E-state index in [0.717, 1.165) is 23.5 Å². The molecule has 0 aliphatic heterocycles. The smallest absolute Gasteiger partial charge is 0.406 e. The summed E-state index contributed by atoms with van der Waals surface area (Å²) in [5.74, 6) is -1.11. The Balaban J connectivity index is 1.72. The van der Waals surface area contributed by atoms with Crippen LogP contribution >= 0.6 is 0 Å². The number of carbonyl (C=O) groups excluding carboxylic acids is 1. The molecular weight excluding hydrogens is 335 g/mol. The van der Waals surface area contributed by atoms with Crippen molar-refractivity contribution >= 4 is 17.2 Å². The van der Waals surface area contributed by atoms with Gasteiger partial charge in [0.05, 0.1) is 5.92 Å². The van der Waals surface area contributed by atoms with E-state index in [1.807, 2.05) is 22.6 Å². The van der Waals surface area contributed by atoms with Crippen LogP contribution < -0.4 is 10.1 Å². The Bertz CT molecular complexity index is 888. The largest absolute Gasteiger partial charge is 0.573 e. The van der Waals surface area contributed by atoms with Crippen LogP contribution in [-0.4, -0.2) is 21.7 Å². The van der Waals surface area contributed by atoms with E-state index >= 15 is 0 Å². The van der Waals surface area contributed by atoms with Crippen LogP contribution in [0.15, 0.2) is 54.9 Å². The molecular formula is C17H14F3N3O2. The molecule has 2 heterocycles. The standard InChI is InChI=1S/C17H14F3N3O2/c1-11(14-3-2-4-15-21-9-10-23(14)15)16(24)22-12-5-7-13(8-6-12)25-17(18,19)20/h2-11H,1H3,(H,22,24)/t11-/m1/s1. The molecule has 0 bridgehead atoms. The van der Waals surface area contributed by atoms with Gasteiger partial charge >= 0.3 is 6.36 Å². The maximum atomic E-state index is 12.4. The quantitative estimate of drug-likeness (QED) is 0.775. The Morgan fingerprint density at radius 3 is 2.60 bits per heavy atom. The van der Waals surface area contributed by atoms with E-state index in [-0.39, 0.29) is 11.7 Å². The van der Waals surface area contributed by atoms with Crippen LogP contribution in [0.5, 0.6) is 5.75 Å². The number of alkyl halides is 3. The fourth-order valence-electron chi connectivity index (χ4n) is 2.45. The van der Waals surface area contributed by atoms with Gasteiger partial charge < -0.3 is 14.5 Å². The van der Waals surface area contributed by atoms with E-state index in [2.05, 4.69) is 15.0 Å². The molecule has 0 aliphatic rings. The van der Waals surface area contributed by atoms with Crippen LogP contribution in [0.25, 0.3) is 5.65 Å². The van der Waals surface area contributed by atoms with Gasteiger partial charge in [0.25, 0.3) is 0 Å². The van der Waals surface area contributed by atoms with Crippen molar-refractivity contribution in [3.63, 3.8) is 0 Å². The van der Waals surface area contributed by atoms with Crippen molar-refractivity contribution < 1.29 is 22.7 Å². The number of aromatic nitrogens is 2. The number of rotatable bonds is 4. The molecule has 0 saturated heterocycles. The van der Waals surface area contributed by atoms with Crippen molar-refractivity contribution in [1.82, 2.24) is 9.38 Å². The average Bonchev–Trinajstić information content (AvgIpc) is 3.03. The highest BCUT2D eigenvalue weighted by atomic mass is 19.4. The van der Waals surface area contributed by atoms with Gasteiger partial charge in [-0.3, -0.25) is 4.79 Å². The summed E-state index contributed by atoms with van der Waals surface area (Å²) in [7, 11) is 0. The number of carbonyl (C=O) groups is 1. The number of halogens is 3. The van der Waals surface area contributed by atoms with Gasteiger partial charge in [-0.2, -0.15) is 0 Å². The number of anilines is 1. The molecule has 1 N–H and O–H groups in total. The number of nitrogens with zero attached hydrogens (tertiary/aromatic N) is 2. The molecule has 0 unspecified atom stereocenters. The van der Waals surface area contributed by atoms with Crippen LogP contribution in [-0.2, 0) is 4.79 Å². The summed E-state index contributed by atoms with van der Waals surface area (Å²) in [5.41, 5.74) is 1.86. The van der Waals surface area contributed by atoms with E-state index in [9.17, 15) is 18.0 Å². The van der Waals surface area contributed by atoms with Crippen molar-refractivity contribution in [3.8, 4) is 5.75 Å². The number of imidazole rings is 1. The number of nitrogens with one attached hydrogen (secondary N) is 1. The molecule has 0 fully saturated rings. The van der Waals surface area contributed by atoms with Crippen molar-refractivity contribution in [1.29, 1.82) is 0 Å². The van der Waals surface area contributed by atoms with E-state index in [1.165, 1.54) is 12.1 Å². The molecule has 3 rings (SSSR count). The lowest BCUT2D eigenvalue weighted by Gasteiger charge is -2.15. The zero-order valence-electron chi connectivity index (χ0n) is 13.1. The van der Waals surface area contributed by atoms with E-state index in [1.54, 1.807) is 19.3 Å². The highest BCUT2D eigenvalue weighted by molar-refractivity contribution is 5.95. The minimum Gasteiger partial charge on any atom is -0.406 e. The second-order valence-corrected chi connectivity index (χ2v) is 5.39. The van der Waals surface area contributed by atoms with Gasteiger partial charge in [-0.25, -0.2) is 4.98 Å². The molecule has 0 saturated carbocycles. The van der Waals surface area contributed by atoms with Gasteiger partial charge in [0.15, 0.2) is 0 Å². The Labute approximate surface area is 141 Å². The number of fused-ring (bicyclic) bond motifs is 1. The fraction of sp³-hybridized carbons (Fsp3) is 0.176. The summed E-state index contributed by atoms with van der Waals surface area (Å²) in [4.78, 5) is 16.6. The molecule has 1 aromatic carbocycles. The van der Waals surface area contributed by atoms with Crippen LogP contribution in [0.2, 0.25) is 0 Å². The fourth-order valence-corrected chi connectivity index (χ4v) is 2.45. The minimum atomic E-state index is -4.75. The topological polar surface area (TPSA) is 55.6 Å². The van der Waals surface area contributed by atoms with Crippen LogP contribution in [0, 0.1) is 0 Å². The first-order chi connectivity index (χ1) is 11.8. The second kappa shape index (κ2) is 6.46. The maximum Gasteiger partial charge on any atom is 0.573 e. The van der Waals surface area contributed by atoms with Crippen LogP contribution in [0.3, 0.4) is 0 Å². The van der Waals surface area contributed by atoms with E-state index in [0.29, 0.717) is 5.69 Å². The molecule has 130 valence electrons. The van der Waals surface area contributed by atoms with Crippen molar-refractivity contribution in [2.75, 3.05) is 5.32 Å².